The minimum absolute atomic E-state index is 0.0445. The van der Waals surface area contributed by atoms with Gasteiger partial charge < -0.3 is 25.7 Å². The molecule has 17 nitrogen and oxygen atoms in total. The predicted molar refractivity (Wildman–Crippen MR) is 154 cm³/mol. The van der Waals surface area contributed by atoms with Gasteiger partial charge >= 0.3 is 29.2 Å². The third-order valence-corrected chi connectivity index (χ3v) is 9.87. The van der Waals surface area contributed by atoms with Crippen LogP contribution in [0.5, 0.6) is 5.75 Å². The first-order chi connectivity index (χ1) is 20.3. The van der Waals surface area contributed by atoms with E-state index in [-0.39, 0.29) is 34.6 Å². The van der Waals surface area contributed by atoms with Crippen molar-refractivity contribution in [2.24, 2.45) is 12.5 Å². The molecule has 2 unspecified atom stereocenters. The van der Waals surface area contributed by atoms with Gasteiger partial charge in [-0.05, 0) is 24.3 Å². The van der Waals surface area contributed by atoms with E-state index in [0.717, 1.165) is 33.0 Å². The second-order valence-corrected chi connectivity index (χ2v) is 11.8. The third kappa shape index (κ3) is 6.03. The first kappa shape index (κ1) is 31.4. The van der Waals surface area contributed by atoms with Crippen LogP contribution in [-0.4, -0.2) is 115 Å². The van der Waals surface area contributed by atoms with Crippen LogP contribution in [0.15, 0.2) is 39.0 Å². The summed E-state index contributed by atoms with van der Waals surface area (Å²) in [7, 11) is 3.88. The Morgan fingerprint density at radius 1 is 1.19 bits per heavy atom. The van der Waals surface area contributed by atoms with Crippen LogP contribution in [0, 0.1) is 5.41 Å². The number of carbonyl (C=O) groups excluding carboxylic acids is 4. The number of H-pyrrole nitrogens is 1. The van der Waals surface area contributed by atoms with Gasteiger partial charge in [0.05, 0.1) is 6.54 Å². The zero-order valence-electron chi connectivity index (χ0n) is 23.1. The molecule has 2 aliphatic heterocycles. The first-order valence-electron chi connectivity index (χ1n) is 12.6. The fourth-order valence-electron chi connectivity index (χ4n) is 4.47. The van der Waals surface area contributed by atoms with Crippen molar-refractivity contribution in [3.05, 3.63) is 45.0 Å². The number of carboxylic acid groups (broad SMARTS) is 1. The van der Waals surface area contributed by atoms with Crippen molar-refractivity contribution in [2.75, 3.05) is 43.6 Å². The normalized spacial score (nSPS) is 20.8. The molecule has 1 aromatic heterocycles. The molecule has 0 spiro atoms. The summed E-state index contributed by atoms with van der Waals surface area (Å²) in [6.45, 7) is -0.756. The zero-order chi connectivity index (χ0) is 31.6. The number of aromatic amines is 1. The number of hydrogen-bond acceptors (Lipinski definition) is 11. The van der Waals surface area contributed by atoms with E-state index in [1.165, 1.54) is 55.2 Å². The number of carboxylic acids is 1. The molecule has 2 aromatic rings. The Balaban J connectivity index is 1.53. The Hall–Kier alpha value is -4.52. The van der Waals surface area contributed by atoms with Gasteiger partial charge in [-0.25, -0.2) is 19.6 Å². The van der Waals surface area contributed by atoms with Gasteiger partial charge in [-0.3, -0.25) is 33.4 Å². The number of thioether (sulfide) groups is 2. The Bertz CT molecular complexity index is 1580. The van der Waals surface area contributed by atoms with Gasteiger partial charge in [-0.15, -0.1) is 16.9 Å². The Morgan fingerprint density at radius 2 is 1.86 bits per heavy atom. The van der Waals surface area contributed by atoms with E-state index in [9.17, 15) is 43.8 Å². The number of benzene rings is 1. The summed E-state index contributed by atoms with van der Waals surface area (Å²) in [5, 5.41) is 29.9. The fraction of sp³-hybridized carbons (Fsp3) is 0.417. The molecule has 5 N–H and O–H groups in total. The summed E-state index contributed by atoms with van der Waals surface area (Å²) < 4.78 is 1.01. The van der Waals surface area contributed by atoms with Crippen molar-refractivity contribution in [3.8, 4) is 5.75 Å². The molecule has 43 heavy (non-hydrogen) atoms. The number of nitrogens with one attached hydrogen (secondary N) is 3. The van der Waals surface area contributed by atoms with Gasteiger partial charge in [0.2, 0.25) is 11.8 Å². The zero-order valence-corrected chi connectivity index (χ0v) is 24.7. The fourth-order valence-corrected chi connectivity index (χ4v) is 7.29. The summed E-state index contributed by atoms with van der Waals surface area (Å²) in [6, 6.07) is 2.90. The van der Waals surface area contributed by atoms with Gasteiger partial charge in [0.15, 0.2) is 5.16 Å². The van der Waals surface area contributed by atoms with E-state index in [1.54, 1.807) is 0 Å². The van der Waals surface area contributed by atoms with Crippen LogP contribution in [0.25, 0.3) is 0 Å². The van der Waals surface area contributed by atoms with E-state index in [1.807, 2.05) is 0 Å². The number of aromatic hydroxyl groups is 1. The van der Waals surface area contributed by atoms with E-state index < -0.39 is 64.3 Å². The number of carbonyl (C=O) groups is 5. The first-order valence-corrected chi connectivity index (χ1v) is 14.6. The molecular formula is C24H28N8O9S2. The number of hydrogen-bond donors (Lipinski definition) is 5. The Labute approximate surface area is 251 Å². The van der Waals surface area contributed by atoms with Crippen LogP contribution >= 0.6 is 23.5 Å². The summed E-state index contributed by atoms with van der Waals surface area (Å²) in [4.78, 5) is 90.2. The molecule has 2 aliphatic rings. The van der Waals surface area contributed by atoms with Crippen LogP contribution in [0.1, 0.15) is 0 Å². The number of nitrogens with zero attached hydrogens (tertiary/aromatic N) is 5. The molecule has 6 amide bonds. The van der Waals surface area contributed by atoms with Gasteiger partial charge in [0.25, 0.3) is 0 Å². The number of fused-ring (bicyclic) bond motifs is 1. The van der Waals surface area contributed by atoms with Crippen molar-refractivity contribution in [2.45, 2.75) is 16.6 Å². The van der Waals surface area contributed by atoms with Crippen molar-refractivity contribution >= 4 is 59.1 Å². The predicted octanol–water partition coefficient (Wildman–Crippen LogP) is -1.36. The molecule has 1 aromatic carbocycles. The number of phenolic OH excluding ortho intramolecular Hbond substituents is 1. The number of aromatic nitrogens is 3. The summed E-state index contributed by atoms with van der Waals surface area (Å²) in [6.07, 6.45) is 0. The smallest absolute Gasteiger partial charge is 0.330 e. The van der Waals surface area contributed by atoms with Crippen molar-refractivity contribution in [3.63, 3.8) is 0 Å². The monoisotopic (exact) mass is 636 g/mol. The molecule has 3 heterocycles. The molecule has 2 saturated heterocycles. The van der Waals surface area contributed by atoms with Gasteiger partial charge in [0.1, 0.15) is 22.6 Å². The number of aliphatic carboxylic acids is 1. The lowest BCUT2D eigenvalue weighted by atomic mass is 9.89. The van der Waals surface area contributed by atoms with Crippen LogP contribution in [0.4, 0.5) is 15.3 Å². The molecule has 230 valence electrons. The summed E-state index contributed by atoms with van der Waals surface area (Å²) in [5.74, 6) is -2.50. The summed E-state index contributed by atoms with van der Waals surface area (Å²) in [5.41, 5.74) is -2.95. The number of urea groups is 2. The SMILES string of the molecule is CNC(=O)N(C)C(=O)NCC(=O)N(c1ccc(O)cc1)C1C(=O)N2CC(CSc3n[nH]c(=O)c(=O)n3C)(C(=O)O)CS[C@H]12. The quantitative estimate of drug-likeness (QED) is 0.129. The highest BCUT2D eigenvalue weighted by Gasteiger charge is 2.59. The maximum absolute atomic E-state index is 13.5. The highest BCUT2D eigenvalue weighted by atomic mass is 32.2. The van der Waals surface area contributed by atoms with Crippen molar-refractivity contribution < 1.29 is 34.2 Å². The number of anilines is 1. The van der Waals surface area contributed by atoms with Gasteiger partial charge in [0, 0.05) is 44.9 Å². The minimum atomic E-state index is -1.44. The third-order valence-electron chi connectivity index (χ3n) is 6.98. The van der Waals surface area contributed by atoms with Crippen LogP contribution < -0.4 is 26.7 Å². The highest BCUT2D eigenvalue weighted by molar-refractivity contribution is 8.00. The molecule has 4 rings (SSSR count). The second kappa shape index (κ2) is 12.4. The van der Waals surface area contributed by atoms with E-state index in [2.05, 4.69) is 20.8 Å². The van der Waals surface area contributed by atoms with Crippen LogP contribution in [0.3, 0.4) is 0 Å². The molecule has 2 fully saturated rings. The molecule has 0 saturated carbocycles. The Kier molecular flexibility index (Phi) is 9.04. The highest BCUT2D eigenvalue weighted by Crippen LogP contribution is 2.46. The molecule has 0 aliphatic carbocycles. The molecule has 19 heteroatoms. The largest absolute Gasteiger partial charge is 0.508 e. The molecule has 0 radical (unpaired) electrons. The van der Waals surface area contributed by atoms with Gasteiger partial charge in [-0.2, -0.15) is 0 Å². The number of rotatable bonds is 8. The maximum Gasteiger partial charge on any atom is 0.330 e. The van der Waals surface area contributed by atoms with Gasteiger partial charge in [-0.1, -0.05) is 11.8 Å². The second-order valence-electron chi connectivity index (χ2n) is 9.74. The number of amides is 6. The Morgan fingerprint density at radius 3 is 2.49 bits per heavy atom. The van der Waals surface area contributed by atoms with Crippen molar-refractivity contribution in [1.82, 2.24) is 35.2 Å². The van der Waals surface area contributed by atoms with Crippen LogP contribution in [-0.2, 0) is 21.4 Å². The lowest BCUT2D eigenvalue weighted by molar-refractivity contribution is -0.156. The number of phenols is 1. The van der Waals surface area contributed by atoms with E-state index in [4.69, 9.17) is 0 Å². The average molecular weight is 637 g/mol. The van der Waals surface area contributed by atoms with E-state index in [0.29, 0.717) is 0 Å². The summed E-state index contributed by atoms with van der Waals surface area (Å²) >= 11 is 2.10. The number of β-lactam (4-membered cyclic amide) rings is 1. The topological polar surface area (TPSA) is 227 Å². The average Bonchev–Trinajstić information content (AvgIpc) is 3.00. The molecular weight excluding hydrogens is 608 g/mol. The molecule has 0 bridgehead atoms. The van der Waals surface area contributed by atoms with E-state index >= 15 is 0 Å². The van der Waals surface area contributed by atoms with Crippen LogP contribution in [0.2, 0.25) is 0 Å². The lowest BCUT2D eigenvalue weighted by Gasteiger charge is -2.56. The standard InChI is InChI=1S/C24H28N8O9S2/c1-25-21(40)30(3)22(41)26-8-14(34)32(12-4-6-13(33)7-5-12)15-17(36)31-9-24(20(38)39,10-42-19(15)31)11-43-23-28-27-16(35)18(37)29(23)2/h4-7,15,19,33H,8-11H2,1-3H3,(H,25,40)(H,26,41)(H,27,35)(H,38,39)/t15?,19-,24?/m1/s1. The number of imide groups is 1. The lowest BCUT2D eigenvalue weighted by Crippen LogP contribution is -2.75. The van der Waals surface area contributed by atoms with Crippen molar-refractivity contribution in [1.29, 1.82) is 0 Å². The molecule has 3 atom stereocenters. The maximum atomic E-state index is 13.5. The minimum Gasteiger partial charge on any atom is -0.508 e.